The van der Waals surface area contributed by atoms with Gasteiger partial charge in [0, 0.05) is 17.4 Å². The van der Waals surface area contributed by atoms with Crippen LogP contribution in [0, 0.1) is 13.8 Å². The average Bonchev–Trinajstić information content (AvgIpc) is 3.33. The second-order valence-electron chi connectivity index (χ2n) is 5.73. The summed E-state index contributed by atoms with van der Waals surface area (Å²) in [5, 5.41) is 3.85. The van der Waals surface area contributed by atoms with E-state index in [0.29, 0.717) is 11.8 Å². The number of rotatable bonds is 6. The SMILES string of the molecule is COc1ccc(NC(=O)CSc2nc(C)c(C)n2C2CC2)cc1. The van der Waals surface area contributed by atoms with Crippen LogP contribution >= 0.6 is 11.8 Å². The number of thioether (sulfide) groups is 1. The maximum atomic E-state index is 12.1. The average molecular weight is 331 g/mol. The van der Waals surface area contributed by atoms with Gasteiger partial charge in [-0.3, -0.25) is 4.79 Å². The minimum atomic E-state index is -0.0270. The minimum Gasteiger partial charge on any atom is -0.497 e. The fourth-order valence-electron chi connectivity index (χ4n) is 2.46. The first-order valence-corrected chi connectivity index (χ1v) is 8.69. The number of hydrogen-bond donors (Lipinski definition) is 1. The number of amides is 1. The molecule has 3 rings (SSSR count). The molecule has 5 nitrogen and oxygen atoms in total. The second-order valence-corrected chi connectivity index (χ2v) is 6.67. The summed E-state index contributed by atoms with van der Waals surface area (Å²) in [4.78, 5) is 16.7. The number of ether oxygens (including phenoxy) is 1. The van der Waals surface area contributed by atoms with Gasteiger partial charge in [-0.1, -0.05) is 11.8 Å². The molecule has 0 atom stereocenters. The third kappa shape index (κ3) is 3.69. The van der Waals surface area contributed by atoms with Crippen LogP contribution in [0.3, 0.4) is 0 Å². The zero-order valence-corrected chi connectivity index (χ0v) is 14.4. The number of nitrogens with zero attached hydrogens (tertiary/aromatic N) is 2. The zero-order chi connectivity index (χ0) is 16.4. The standard InChI is InChI=1S/C17H21N3O2S/c1-11-12(2)20(14-6-7-14)17(18-11)23-10-16(21)19-13-4-8-15(22-3)9-5-13/h4-5,8-9,14H,6-7,10H2,1-3H3,(H,19,21). The summed E-state index contributed by atoms with van der Waals surface area (Å²) >= 11 is 1.50. The Labute approximate surface area is 140 Å². The number of aryl methyl sites for hydroxylation is 1. The summed E-state index contributed by atoms with van der Waals surface area (Å²) in [6.45, 7) is 4.12. The van der Waals surface area contributed by atoms with Crippen LogP contribution in [0.4, 0.5) is 5.69 Å². The van der Waals surface area contributed by atoms with E-state index in [2.05, 4.69) is 21.8 Å². The Balaban J connectivity index is 1.59. The van der Waals surface area contributed by atoms with Gasteiger partial charge in [0.25, 0.3) is 0 Å². The van der Waals surface area contributed by atoms with Crippen LogP contribution in [-0.2, 0) is 4.79 Å². The summed E-state index contributed by atoms with van der Waals surface area (Å²) in [5.74, 6) is 1.10. The first-order valence-electron chi connectivity index (χ1n) is 7.70. The van der Waals surface area contributed by atoms with Gasteiger partial charge in [-0.15, -0.1) is 0 Å². The van der Waals surface area contributed by atoms with Crippen LogP contribution in [0.2, 0.25) is 0 Å². The Morgan fingerprint density at radius 2 is 2.04 bits per heavy atom. The first-order chi connectivity index (χ1) is 11.1. The highest BCUT2D eigenvalue weighted by molar-refractivity contribution is 7.99. The molecule has 1 aliphatic carbocycles. The van der Waals surface area contributed by atoms with Crippen molar-refractivity contribution in [2.24, 2.45) is 0 Å². The highest BCUT2D eigenvalue weighted by atomic mass is 32.2. The molecule has 1 saturated carbocycles. The predicted octanol–water partition coefficient (Wildman–Crippen LogP) is 3.57. The lowest BCUT2D eigenvalue weighted by atomic mass is 10.3. The summed E-state index contributed by atoms with van der Waals surface area (Å²) in [5.41, 5.74) is 3.04. The van der Waals surface area contributed by atoms with E-state index in [1.54, 1.807) is 7.11 Å². The van der Waals surface area contributed by atoms with E-state index in [4.69, 9.17) is 4.74 Å². The van der Waals surface area contributed by atoms with E-state index in [-0.39, 0.29) is 5.91 Å². The maximum Gasteiger partial charge on any atom is 0.234 e. The predicted molar refractivity (Wildman–Crippen MR) is 92.3 cm³/mol. The van der Waals surface area contributed by atoms with Crippen molar-refractivity contribution in [3.8, 4) is 5.75 Å². The normalized spacial score (nSPS) is 13.9. The third-order valence-electron chi connectivity index (χ3n) is 3.97. The van der Waals surface area contributed by atoms with Crippen molar-refractivity contribution in [2.45, 2.75) is 37.9 Å². The maximum absolute atomic E-state index is 12.1. The molecule has 1 N–H and O–H groups in total. The number of nitrogens with one attached hydrogen (secondary N) is 1. The third-order valence-corrected chi connectivity index (χ3v) is 4.93. The molecule has 2 aromatic rings. The van der Waals surface area contributed by atoms with Crippen LogP contribution in [-0.4, -0.2) is 28.3 Å². The fraction of sp³-hybridized carbons (Fsp3) is 0.412. The summed E-state index contributed by atoms with van der Waals surface area (Å²) in [6.07, 6.45) is 2.42. The highest BCUT2D eigenvalue weighted by Gasteiger charge is 2.28. The molecular weight excluding hydrogens is 310 g/mol. The van der Waals surface area contributed by atoms with Crippen LogP contribution in [0.5, 0.6) is 5.75 Å². The molecule has 0 spiro atoms. The van der Waals surface area contributed by atoms with E-state index < -0.39 is 0 Å². The number of methoxy groups -OCH3 is 1. The molecule has 1 heterocycles. The van der Waals surface area contributed by atoms with Gasteiger partial charge in [-0.2, -0.15) is 0 Å². The van der Waals surface area contributed by atoms with Crippen molar-refractivity contribution in [3.63, 3.8) is 0 Å². The van der Waals surface area contributed by atoms with Gasteiger partial charge in [0.2, 0.25) is 5.91 Å². The molecular formula is C17H21N3O2S. The van der Waals surface area contributed by atoms with Crippen LogP contribution in [0.25, 0.3) is 0 Å². The van der Waals surface area contributed by atoms with E-state index in [1.165, 1.54) is 30.3 Å². The molecule has 23 heavy (non-hydrogen) atoms. The van der Waals surface area contributed by atoms with Crippen LogP contribution in [0.15, 0.2) is 29.4 Å². The number of benzene rings is 1. The molecule has 0 bridgehead atoms. The van der Waals surface area contributed by atoms with E-state index in [0.717, 1.165) is 22.3 Å². The molecule has 1 amide bonds. The molecule has 0 radical (unpaired) electrons. The van der Waals surface area contributed by atoms with Crippen molar-refractivity contribution in [1.82, 2.24) is 9.55 Å². The van der Waals surface area contributed by atoms with Gasteiger partial charge < -0.3 is 14.6 Å². The van der Waals surface area contributed by atoms with E-state index in [1.807, 2.05) is 31.2 Å². The quantitative estimate of drug-likeness (QED) is 0.822. The van der Waals surface area contributed by atoms with Crippen molar-refractivity contribution in [1.29, 1.82) is 0 Å². The fourth-order valence-corrected chi connectivity index (χ4v) is 3.42. The highest BCUT2D eigenvalue weighted by Crippen LogP contribution is 2.39. The molecule has 1 fully saturated rings. The van der Waals surface area contributed by atoms with Crippen molar-refractivity contribution < 1.29 is 9.53 Å². The lowest BCUT2D eigenvalue weighted by molar-refractivity contribution is -0.113. The van der Waals surface area contributed by atoms with E-state index in [9.17, 15) is 4.79 Å². The Bertz CT molecular complexity index is 705. The summed E-state index contributed by atoms with van der Waals surface area (Å²) < 4.78 is 7.39. The molecule has 0 unspecified atom stereocenters. The topological polar surface area (TPSA) is 56.1 Å². The molecule has 1 aromatic heterocycles. The minimum absolute atomic E-state index is 0.0270. The van der Waals surface area contributed by atoms with Gasteiger partial charge in [-0.25, -0.2) is 4.98 Å². The number of aromatic nitrogens is 2. The summed E-state index contributed by atoms with van der Waals surface area (Å²) in [6, 6.07) is 7.90. The van der Waals surface area contributed by atoms with E-state index >= 15 is 0 Å². The van der Waals surface area contributed by atoms with Crippen LogP contribution in [0.1, 0.15) is 30.3 Å². The molecule has 1 aromatic carbocycles. The smallest absolute Gasteiger partial charge is 0.234 e. The lowest BCUT2D eigenvalue weighted by Crippen LogP contribution is -2.14. The van der Waals surface area contributed by atoms with Gasteiger partial charge in [0.05, 0.1) is 18.6 Å². The molecule has 0 saturated heterocycles. The number of carbonyl (C=O) groups is 1. The van der Waals surface area contributed by atoms with Gasteiger partial charge in [0.15, 0.2) is 5.16 Å². The number of imidazole rings is 1. The van der Waals surface area contributed by atoms with Crippen molar-refractivity contribution >= 4 is 23.4 Å². The monoisotopic (exact) mass is 331 g/mol. The first kappa shape index (κ1) is 15.9. The Kier molecular flexibility index (Phi) is 4.61. The number of hydrogen-bond acceptors (Lipinski definition) is 4. The van der Waals surface area contributed by atoms with Gasteiger partial charge in [-0.05, 0) is 51.0 Å². The lowest BCUT2D eigenvalue weighted by Gasteiger charge is -2.09. The molecule has 6 heteroatoms. The van der Waals surface area contributed by atoms with Gasteiger partial charge >= 0.3 is 0 Å². The van der Waals surface area contributed by atoms with Gasteiger partial charge in [0.1, 0.15) is 5.75 Å². The molecule has 122 valence electrons. The Morgan fingerprint density at radius 3 is 2.65 bits per heavy atom. The number of anilines is 1. The summed E-state index contributed by atoms with van der Waals surface area (Å²) in [7, 11) is 1.62. The largest absolute Gasteiger partial charge is 0.497 e. The zero-order valence-electron chi connectivity index (χ0n) is 13.6. The Hall–Kier alpha value is -1.95. The number of carbonyl (C=O) groups excluding carboxylic acids is 1. The van der Waals surface area contributed by atoms with Crippen LogP contribution < -0.4 is 10.1 Å². The second kappa shape index (κ2) is 6.66. The van der Waals surface area contributed by atoms with Crippen molar-refractivity contribution in [3.05, 3.63) is 35.7 Å². The van der Waals surface area contributed by atoms with Crippen molar-refractivity contribution in [2.75, 3.05) is 18.2 Å². The molecule has 1 aliphatic rings. The Morgan fingerprint density at radius 1 is 1.35 bits per heavy atom. The molecule has 0 aliphatic heterocycles.